The summed E-state index contributed by atoms with van der Waals surface area (Å²) in [6.07, 6.45) is 0. The number of β-lactam (4-membered cyclic amide) rings is 1. The van der Waals surface area contributed by atoms with Crippen LogP contribution in [0.15, 0.2) is 32.4 Å². The lowest BCUT2D eigenvalue weighted by atomic mass is 9.98. The number of nitrogens with two attached hydrogens (primary N) is 1. The fraction of sp³-hybridized carbons (Fsp3) is 0.458. The second-order valence-electron chi connectivity index (χ2n) is 9.80. The van der Waals surface area contributed by atoms with Crippen LogP contribution in [0.4, 0.5) is 5.13 Å². The van der Waals surface area contributed by atoms with Crippen molar-refractivity contribution in [2.45, 2.75) is 39.1 Å². The molecule has 0 bridgehead atoms. The largest absolute Gasteiger partial charge is 0.471 e. The van der Waals surface area contributed by atoms with Crippen molar-refractivity contribution in [1.29, 1.82) is 0 Å². The topological polar surface area (TPSA) is 198 Å². The van der Waals surface area contributed by atoms with Crippen molar-refractivity contribution in [3.63, 3.8) is 0 Å². The van der Waals surface area contributed by atoms with Gasteiger partial charge in [0.15, 0.2) is 10.8 Å². The van der Waals surface area contributed by atoms with Gasteiger partial charge in [0.25, 0.3) is 17.7 Å². The predicted molar refractivity (Wildman–Crippen MR) is 145 cm³/mol. The third kappa shape index (κ3) is 6.62. The van der Waals surface area contributed by atoms with Crippen LogP contribution in [0.1, 0.15) is 32.2 Å². The molecular weight excluding hydrogens is 580 g/mol. The van der Waals surface area contributed by atoms with Crippen LogP contribution >= 0.6 is 23.1 Å². The number of amides is 2. The van der Waals surface area contributed by atoms with Crippen molar-refractivity contribution < 1.29 is 42.7 Å². The number of rotatable bonds is 10. The van der Waals surface area contributed by atoms with Gasteiger partial charge in [0, 0.05) is 22.8 Å². The number of nitrogens with zero attached hydrogens (tertiary/aromatic N) is 4. The highest BCUT2D eigenvalue weighted by molar-refractivity contribution is 8.00. The number of esters is 2. The highest BCUT2D eigenvalue weighted by Crippen LogP contribution is 2.41. The number of hydrogen-bond acceptors (Lipinski definition) is 15. The SMILES string of the molecule is CO/N=C(\C(=O)NC1C(=O)N2C(C(=O)OCOC(=O)C(C)(C)C)=C(COc3cc(C)on3)CS[C@H]12)c1csc(N)n1. The normalized spacial score (nSPS) is 18.8. The van der Waals surface area contributed by atoms with E-state index in [2.05, 4.69) is 20.6 Å². The quantitative estimate of drug-likeness (QED) is 0.128. The van der Waals surface area contributed by atoms with Gasteiger partial charge in [-0.1, -0.05) is 5.16 Å². The Balaban J connectivity index is 1.51. The summed E-state index contributed by atoms with van der Waals surface area (Å²) in [6, 6.07) is 0.575. The first-order chi connectivity index (χ1) is 19.4. The van der Waals surface area contributed by atoms with E-state index >= 15 is 0 Å². The van der Waals surface area contributed by atoms with Crippen LogP contribution in [0.25, 0.3) is 0 Å². The smallest absolute Gasteiger partial charge is 0.358 e. The number of nitrogen functional groups attached to an aromatic ring is 1. The standard InChI is InChI=1S/C24H28N6O9S2/c1-11-6-14(28-39-11)36-7-12-8-40-20-16(27-18(31)15(29-35-5)13-9-41-23(25)26-13)19(32)30(20)17(12)21(33)37-10-38-22(34)24(2,3)4/h6,9,16,20H,7-8,10H2,1-5H3,(H2,25,26)(H,27,31)/b29-15-/t16?,20-/m1/s1. The van der Waals surface area contributed by atoms with Crippen molar-refractivity contribution in [2.24, 2.45) is 10.6 Å². The first-order valence-corrected chi connectivity index (χ1v) is 14.0. The molecule has 2 atom stereocenters. The van der Waals surface area contributed by atoms with E-state index in [1.807, 2.05) is 0 Å². The first-order valence-electron chi connectivity index (χ1n) is 12.1. The van der Waals surface area contributed by atoms with Crippen LogP contribution in [-0.2, 0) is 33.5 Å². The Kier molecular flexibility index (Phi) is 8.86. The molecule has 41 heavy (non-hydrogen) atoms. The van der Waals surface area contributed by atoms with E-state index in [1.165, 1.54) is 29.2 Å². The van der Waals surface area contributed by atoms with Crippen molar-refractivity contribution in [1.82, 2.24) is 20.4 Å². The van der Waals surface area contributed by atoms with Gasteiger partial charge in [0.1, 0.15) is 42.3 Å². The van der Waals surface area contributed by atoms with E-state index in [9.17, 15) is 19.2 Å². The summed E-state index contributed by atoms with van der Waals surface area (Å²) in [5.41, 5.74) is 5.24. The van der Waals surface area contributed by atoms with Crippen molar-refractivity contribution >= 4 is 57.7 Å². The molecule has 1 fully saturated rings. The van der Waals surface area contributed by atoms with E-state index in [0.29, 0.717) is 11.3 Å². The number of thioether (sulfide) groups is 1. The fourth-order valence-electron chi connectivity index (χ4n) is 3.68. The number of nitrogens with one attached hydrogen (secondary N) is 1. The van der Waals surface area contributed by atoms with Gasteiger partial charge < -0.3 is 34.6 Å². The first kappa shape index (κ1) is 29.9. The van der Waals surface area contributed by atoms with Gasteiger partial charge in [0.05, 0.1) is 5.41 Å². The Labute approximate surface area is 242 Å². The minimum Gasteiger partial charge on any atom is -0.471 e. The molecule has 0 radical (unpaired) electrons. The second kappa shape index (κ2) is 12.2. The molecule has 4 heterocycles. The summed E-state index contributed by atoms with van der Waals surface area (Å²) in [7, 11) is 1.27. The molecule has 0 aliphatic carbocycles. The number of carbonyl (C=O) groups excluding carboxylic acids is 4. The summed E-state index contributed by atoms with van der Waals surface area (Å²) in [6.45, 7) is 5.91. The van der Waals surface area contributed by atoms with E-state index in [4.69, 9.17) is 29.3 Å². The van der Waals surface area contributed by atoms with Crippen LogP contribution in [0.2, 0.25) is 0 Å². The Hall–Kier alpha value is -4.12. The Morgan fingerprint density at radius 1 is 1.29 bits per heavy atom. The number of hydrogen-bond donors (Lipinski definition) is 2. The van der Waals surface area contributed by atoms with Gasteiger partial charge in [-0.05, 0) is 32.9 Å². The Morgan fingerprint density at radius 3 is 2.66 bits per heavy atom. The van der Waals surface area contributed by atoms with E-state index in [1.54, 1.807) is 33.8 Å². The van der Waals surface area contributed by atoms with E-state index < -0.39 is 47.4 Å². The number of ether oxygens (including phenoxy) is 3. The lowest BCUT2D eigenvalue weighted by Gasteiger charge is -2.49. The number of fused-ring (bicyclic) bond motifs is 1. The summed E-state index contributed by atoms with van der Waals surface area (Å²) in [5, 5.41) is 11.2. The highest BCUT2D eigenvalue weighted by atomic mass is 32.2. The van der Waals surface area contributed by atoms with Crippen LogP contribution in [0.5, 0.6) is 5.88 Å². The molecule has 1 saturated heterocycles. The molecule has 2 aromatic rings. The van der Waals surface area contributed by atoms with Gasteiger partial charge in [-0.25, -0.2) is 9.78 Å². The maximum Gasteiger partial charge on any atom is 0.358 e. The third-order valence-electron chi connectivity index (χ3n) is 5.68. The minimum absolute atomic E-state index is 0.0747. The van der Waals surface area contributed by atoms with Crippen molar-refractivity contribution in [3.8, 4) is 5.88 Å². The third-order valence-corrected chi connectivity index (χ3v) is 7.70. The van der Waals surface area contributed by atoms with Crippen LogP contribution in [-0.4, -0.2) is 82.2 Å². The Morgan fingerprint density at radius 2 is 2.05 bits per heavy atom. The molecule has 3 N–H and O–H groups in total. The number of anilines is 1. The molecule has 0 aromatic carbocycles. The number of aryl methyl sites for hydroxylation is 1. The fourth-order valence-corrected chi connectivity index (χ4v) is 5.55. The van der Waals surface area contributed by atoms with E-state index in [0.717, 1.165) is 11.3 Å². The van der Waals surface area contributed by atoms with Crippen LogP contribution < -0.4 is 15.8 Å². The lowest BCUT2D eigenvalue weighted by molar-refractivity contribution is -0.173. The van der Waals surface area contributed by atoms with Crippen LogP contribution in [0, 0.1) is 12.3 Å². The Bertz CT molecular complexity index is 1410. The average Bonchev–Trinajstić information content (AvgIpc) is 3.54. The molecule has 220 valence electrons. The van der Waals surface area contributed by atoms with Gasteiger partial charge in [-0.3, -0.25) is 19.3 Å². The van der Waals surface area contributed by atoms with Crippen molar-refractivity contribution in [3.05, 3.63) is 34.2 Å². The number of oxime groups is 1. The van der Waals surface area contributed by atoms with Gasteiger partial charge in [-0.2, -0.15) is 0 Å². The molecular formula is C24H28N6O9S2. The second-order valence-corrected chi connectivity index (χ2v) is 11.8. The predicted octanol–water partition coefficient (Wildman–Crippen LogP) is 1.20. The molecule has 4 rings (SSSR count). The number of carbonyl (C=O) groups is 4. The monoisotopic (exact) mass is 608 g/mol. The molecule has 0 spiro atoms. The lowest BCUT2D eigenvalue weighted by Crippen LogP contribution is -2.71. The molecule has 0 saturated carbocycles. The zero-order chi connectivity index (χ0) is 29.9. The van der Waals surface area contributed by atoms with E-state index in [-0.39, 0.29) is 40.5 Å². The number of aromatic nitrogens is 2. The molecule has 1 unspecified atom stereocenters. The average molecular weight is 609 g/mol. The summed E-state index contributed by atoms with van der Waals surface area (Å²) >= 11 is 2.42. The zero-order valence-corrected chi connectivity index (χ0v) is 24.4. The van der Waals surface area contributed by atoms with Crippen molar-refractivity contribution in [2.75, 3.05) is 32.0 Å². The molecule has 15 nitrogen and oxygen atoms in total. The summed E-state index contributed by atoms with van der Waals surface area (Å²) < 4.78 is 20.9. The molecule has 2 aliphatic heterocycles. The molecule has 2 aromatic heterocycles. The summed E-state index contributed by atoms with van der Waals surface area (Å²) in [5.74, 6) is -1.77. The molecule has 17 heteroatoms. The van der Waals surface area contributed by atoms with Gasteiger partial charge in [-0.15, -0.1) is 23.1 Å². The molecule has 2 aliphatic rings. The minimum atomic E-state index is -0.993. The van der Waals surface area contributed by atoms with Gasteiger partial charge in [0.2, 0.25) is 6.79 Å². The highest BCUT2D eigenvalue weighted by Gasteiger charge is 2.55. The maximum absolute atomic E-state index is 13.3. The number of thiazole rings is 1. The van der Waals surface area contributed by atoms with Gasteiger partial charge >= 0.3 is 11.9 Å². The molecule has 2 amide bonds. The summed E-state index contributed by atoms with van der Waals surface area (Å²) in [4.78, 5) is 61.6. The van der Waals surface area contributed by atoms with Crippen LogP contribution in [0.3, 0.4) is 0 Å². The zero-order valence-electron chi connectivity index (χ0n) is 22.8. The maximum atomic E-state index is 13.3.